The Hall–Kier alpha value is -4.01. The van der Waals surface area contributed by atoms with Crippen molar-refractivity contribution in [3.8, 4) is 0 Å². The van der Waals surface area contributed by atoms with Crippen LogP contribution in [-0.4, -0.2) is 82.1 Å². The zero-order valence-electron chi connectivity index (χ0n) is 20.8. The molecule has 0 aliphatic rings. The largest absolute Gasteiger partial charge is 0.480 e. The van der Waals surface area contributed by atoms with Crippen LogP contribution >= 0.6 is 0 Å². The number of hydrogen-bond donors (Lipinski definition) is 9. The van der Waals surface area contributed by atoms with Crippen LogP contribution < -0.4 is 33.2 Å². The van der Waals surface area contributed by atoms with E-state index in [1.165, 1.54) is 0 Å². The average molecular weight is 534 g/mol. The highest BCUT2D eigenvalue weighted by Gasteiger charge is 2.31. The number of nitrogens with two attached hydrogens (primary N) is 3. The molecule has 4 amide bonds. The fourth-order valence-electron chi connectivity index (χ4n) is 3.80. The van der Waals surface area contributed by atoms with E-state index in [2.05, 4.69) is 20.9 Å². The van der Waals surface area contributed by atoms with Gasteiger partial charge in [0.2, 0.25) is 23.6 Å². The standard InChI is InChI=1S/C24H35N7O7/c25-8-4-3-7-17(24(37)38)29-22(35)18(9-13-11-28-16-6-2-1-5-14(13)16)31-23(36)19(10-20(27)33)30-21(34)15(26)12-32/h1-2,5-6,11,15,17-19,28,32H,3-4,7-10,12,25-26H2,(H2,27,33)(H,29,35)(H,30,34)(H,31,36)(H,37,38). The quantitative estimate of drug-likeness (QED) is 0.104. The van der Waals surface area contributed by atoms with Gasteiger partial charge >= 0.3 is 5.97 Å². The Balaban J connectivity index is 2.31. The van der Waals surface area contributed by atoms with Gasteiger partial charge in [0.1, 0.15) is 24.2 Å². The fraction of sp³-hybridized carbons (Fsp3) is 0.458. The van der Waals surface area contributed by atoms with Gasteiger partial charge < -0.3 is 48.3 Å². The SMILES string of the molecule is NCCCCC(NC(=O)C(Cc1c[nH]c2ccccc12)NC(=O)C(CC(N)=O)NC(=O)C(N)CO)C(=O)O. The maximum absolute atomic E-state index is 13.3. The number of unbranched alkanes of at least 4 members (excludes halogenated alkanes) is 1. The van der Waals surface area contributed by atoms with Crippen molar-refractivity contribution in [2.75, 3.05) is 13.2 Å². The Morgan fingerprint density at radius 3 is 2.18 bits per heavy atom. The zero-order chi connectivity index (χ0) is 28.2. The monoisotopic (exact) mass is 533 g/mol. The number of aliphatic hydroxyl groups excluding tert-OH is 1. The molecule has 0 aliphatic heterocycles. The maximum Gasteiger partial charge on any atom is 0.326 e. The van der Waals surface area contributed by atoms with E-state index in [1.54, 1.807) is 12.3 Å². The van der Waals surface area contributed by atoms with Gasteiger partial charge in [0, 0.05) is 23.5 Å². The summed E-state index contributed by atoms with van der Waals surface area (Å²) in [5.41, 5.74) is 17.6. The number of aromatic nitrogens is 1. The summed E-state index contributed by atoms with van der Waals surface area (Å²) in [5.74, 6) is -4.76. The van der Waals surface area contributed by atoms with Crippen molar-refractivity contribution >= 4 is 40.5 Å². The first-order valence-electron chi connectivity index (χ1n) is 12.1. The average Bonchev–Trinajstić information content (AvgIpc) is 3.29. The Morgan fingerprint density at radius 1 is 0.921 bits per heavy atom. The van der Waals surface area contributed by atoms with Crippen molar-refractivity contribution in [3.05, 3.63) is 36.0 Å². The summed E-state index contributed by atoms with van der Waals surface area (Å²) in [6, 6.07) is 1.92. The van der Waals surface area contributed by atoms with Crippen molar-refractivity contribution in [1.82, 2.24) is 20.9 Å². The highest BCUT2D eigenvalue weighted by Crippen LogP contribution is 2.19. The molecule has 2 rings (SSSR count). The lowest BCUT2D eigenvalue weighted by molar-refractivity contribution is -0.142. The van der Waals surface area contributed by atoms with E-state index in [9.17, 15) is 29.1 Å². The number of H-pyrrole nitrogens is 1. The van der Waals surface area contributed by atoms with E-state index in [1.807, 2.05) is 18.2 Å². The molecule has 0 fully saturated rings. The molecular formula is C24H35N7O7. The van der Waals surface area contributed by atoms with Crippen LogP contribution in [0.15, 0.2) is 30.5 Å². The molecule has 0 spiro atoms. The summed E-state index contributed by atoms with van der Waals surface area (Å²) in [4.78, 5) is 64.9. The molecule has 0 saturated heterocycles. The predicted molar refractivity (Wildman–Crippen MR) is 137 cm³/mol. The number of fused-ring (bicyclic) bond motifs is 1. The van der Waals surface area contributed by atoms with Gasteiger partial charge in [-0.05, 0) is 37.4 Å². The van der Waals surface area contributed by atoms with Crippen molar-refractivity contribution in [3.63, 3.8) is 0 Å². The minimum absolute atomic E-state index is 0.0376. The molecule has 38 heavy (non-hydrogen) atoms. The van der Waals surface area contributed by atoms with E-state index in [-0.39, 0.29) is 12.8 Å². The van der Waals surface area contributed by atoms with Gasteiger partial charge in [0.15, 0.2) is 0 Å². The number of amides is 4. The summed E-state index contributed by atoms with van der Waals surface area (Å²) >= 11 is 0. The van der Waals surface area contributed by atoms with E-state index in [0.29, 0.717) is 24.9 Å². The second-order valence-electron chi connectivity index (χ2n) is 8.83. The third-order valence-electron chi connectivity index (χ3n) is 5.87. The molecule has 1 heterocycles. The summed E-state index contributed by atoms with van der Waals surface area (Å²) in [7, 11) is 0. The number of benzene rings is 1. The number of aliphatic hydroxyl groups is 1. The van der Waals surface area contributed by atoms with Crippen molar-refractivity contribution < 1.29 is 34.2 Å². The molecule has 2 aromatic rings. The third-order valence-corrected chi connectivity index (χ3v) is 5.87. The fourth-order valence-corrected chi connectivity index (χ4v) is 3.80. The van der Waals surface area contributed by atoms with Gasteiger partial charge in [-0.3, -0.25) is 19.2 Å². The van der Waals surface area contributed by atoms with Crippen LogP contribution in [0.1, 0.15) is 31.2 Å². The normalized spacial score (nSPS) is 14.2. The second-order valence-corrected chi connectivity index (χ2v) is 8.83. The van der Waals surface area contributed by atoms with Gasteiger partial charge in [0.05, 0.1) is 13.0 Å². The van der Waals surface area contributed by atoms with E-state index < -0.39 is 66.8 Å². The predicted octanol–water partition coefficient (Wildman–Crippen LogP) is -2.43. The van der Waals surface area contributed by atoms with Crippen LogP contribution in [0.4, 0.5) is 0 Å². The van der Waals surface area contributed by atoms with Gasteiger partial charge in [-0.1, -0.05) is 18.2 Å². The number of aromatic amines is 1. The summed E-state index contributed by atoms with van der Waals surface area (Å²) in [6.07, 6.45) is 2.18. The van der Waals surface area contributed by atoms with E-state index in [4.69, 9.17) is 22.3 Å². The Labute approximate surface area is 218 Å². The smallest absolute Gasteiger partial charge is 0.326 e. The molecule has 0 bridgehead atoms. The van der Waals surface area contributed by atoms with Crippen molar-refractivity contribution in [2.45, 2.75) is 56.3 Å². The van der Waals surface area contributed by atoms with Crippen molar-refractivity contribution in [2.24, 2.45) is 17.2 Å². The summed E-state index contributed by atoms with van der Waals surface area (Å²) < 4.78 is 0. The molecule has 12 N–H and O–H groups in total. The molecular weight excluding hydrogens is 498 g/mol. The molecule has 208 valence electrons. The Kier molecular flexibility index (Phi) is 11.7. The number of hydrogen-bond acceptors (Lipinski definition) is 8. The first-order chi connectivity index (χ1) is 18.1. The highest BCUT2D eigenvalue weighted by molar-refractivity contribution is 5.96. The Bertz CT molecular complexity index is 1140. The number of para-hydroxylation sites is 1. The summed E-state index contributed by atoms with van der Waals surface area (Å²) in [6.45, 7) is -0.338. The van der Waals surface area contributed by atoms with E-state index in [0.717, 1.165) is 10.9 Å². The first kappa shape index (κ1) is 30.2. The third kappa shape index (κ3) is 8.83. The minimum atomic E-state index is -1.49. The molecule has 1 aromatic carbocycles. The van der Waals surface area contributed by atoms with Crippen LogP contribution in [-0.2, 0) is 30.4 Å². The minimum Gasteiger partial charge on any atom is -0.480 e. The number of carbonyl (C=O) groups is 5. The summed E-state index contributed by atoms with van der Waals surface area (Å²) in [5, 5.41) is 26.7. The lowest BCUT2D eigenvalue weighted by atomic mass is 10.0. The van der Waals surface area contributed by atoms with Crippen LogP contribution in [0.5, 0.6) is 0 Å². The maximum atomic E-state index is 13.3. The van der Waals surface area contributed by atoms with E-state index >= 15 is 0 Å². The first-order valence-corrected chi connectivity index (χ1v) is 12.1. The molecule has 4 atom stereocenters. The van der Waals surface area contributed by atoms with Crippen LogP contribution in [0.25, 0.3) is 10.9 Å². The van der Waals surface area contributed by atoms with Gasteiger partial charge in [-0.15, -0.1) is 0 Å². The molecule has 14 heteroatoms. The number of aliphatic carboxylic acids is 1. The molecule has 0 saturated carbocycles. The molecule has 0 aliphatic carbocycles. The lowest BCUT2D eigenvalue weighted by Crippen LogP contribution is -2.58. The van der Waals surface area contributed by atoms with Crippen LogP contribution in [0.3, 0.4) is 0 Å². The lowest BCUT2D eigenvalue weighted by Gasteiger charge is -2.24. The second kappa shape index (κ2) is 14.7. The van der Waals surface area contributed by atoms with Gasteiger partial charge in [0.25, 0.3) is 0 Å². The molecule has 0 radical (unpaired) electrons. The van der Waals surface area contributed by atoms with Crippen molar-refractivity contribution in [1.29, 1.82) is 0 Å². The number of carboxylic acids is 1. The zero-order valence-corrected chi connectivity index (χ0v) is 20.8. The van der Waals surface area contributed by atoms with Gasteiger partial charge in [-0.2, -0.15) is 0 Å². The number of rotatable bonds is 16. The highest BCUT2D eigenvalue weighted by atomic mass is 16.4. The molecule has 4 unspecified atom stereocenters. The van der Waals surface area contributed by atoms with Gasteiger partial charge in [-0.25, -0.2) is 4.79 Å². The topological polar surface area (TPSA) is 256 Å². The van der Waals surface area contributed by atoms with Crippen LogP contribution in [0, 0.1) is 0 Å². The number of nitrogens with one attached hydrogen (secondary N) is 4. The number of carbonyl (C=O) groups excluding carboxylic acids is 4. The van der Waals surface area contributed by atoms with Crippen LogP contribution in [0.2, 0.25) is 0 Å². The number of primary amides is 1. The number of carboxylic acid groups (broad SMARTS) is 1. The Morgan fingerprint density at radius 2 is 1.55 bits per heavy atom. The molecule has 1 aromatic heterocycles. The molecule has 14 nitrogen and oxygen atoms in total.